The Balaban J connectivity index is 0.953. The van der Waals surface area contributed by atoms with E-state index in [1.165, 1.54) is 111 Å². The number of fused-ring (bicyclic) bond motifs is 19. The van der Waals surface area contributed by atoms with Gasteiger partial charge in [-0.05, 0) is 154 Å². The van der Waals surface area contributed by atoms with Gasteiger partial charge in [0.1, 0.15) is 11.2 Å². The molecule has 4 aliphatic rings. The van der Waals surface area contributed by atoms with Crippen LogP contribution in [0.4, 0.5) is 17.1 Å². The maximum absolute atomic E-state index is 6.51. The van der Waals surface area contributed by atoms with Crippen molar-refractivity contribution in [1.29, 1.82) is 0 Å². The van der Waals surface area contributed by atoms with E-state index in [1.807, 2.05) is 0 Å². The van der Waals surface area contributed by atoms with E-state index in [-0.39, 0.29) is 5.41 Å². The van der Waals surface area contributed by atoms with Gasteiger partial charge in [0.05, 0.1) is 16.5 Å². The summed E-state index contributed by atoms with van der Waals surface area (Å²) in [5, 5.41) is 2.23. The van der Waals surface area contributed by atoms with Gasteiger partial charge in [0.2, 0.25) is 0 Å². The first kappa shape index (κ1) is 44.4. The first-order valence-electron chi connectivity index (χ1n) is 27.7. The van der Waals surface area contributed by atoms with Crippen LogP contribution in [0.5, 0.6) is 0 Å². The summed E-state index contributed by atoms with van der Waals surface area (Å²) in [5.74, 6) is 0. The monoisotopic (exact) mass is 1010 g/mol. The highest BCUT2D eigenvalue weighted by Gasteiger charge is 2.52. The molecule has 2 heteroatoms. The summed E-state index contributed by atoms with van der Waals surface area (Å²) in [6.45, 7) is 4.76. The minimum absolute atomic E-state index is 0.154. The van der Waals surface area contributed by atoms with Crippen molar-refractivity contribution < 1.29 is 4.42 Å². The molecule has 0 fully saturated rings. The fourth-order valence-electron chi connectivity index (χ4n) is 15.4. The molecule has 0 N–H and O–H groups in total. The van der Waals surface area contributed by atoms with Crippen LogP contribution < -0.4 is 4.90 Å². The van der Waals surface area contributed by atoms with E-state index in [9.17, 15) is 0 Å². The molecule has 0 saturated carbocycles. The Hall–Kier alpha value is -9.76. The molecule has 1 unspecified atom stereocenters. The van der Waals surface area contributed by atoms with Crippen LogP contribution >= 0.6 is 0 Å². The molecular formula is C77H51NO. The summed E-state index contributed by atoms with van der Waals surface area (Å²) >= 11 is 0. The Bertz CT molecular complexity index is 4680. The fourth-order valence-corrected chi connectivity index (χ4v) is 15.4. The molecule has 0 bridgehead atoms. The molecule has 0 aliphatic heterocycles. The maximum atomic E-state index is 6.51. The van der Waals surface area contributed by atoms with E-state index in [0.717, 1.165) is 39.0 Å². The smallest absolute Gasteiger partial charge is 0.135 e. The lowest BCUT2D eigenvalue weighted by atomic mass is 9.67. The SMILES string of the molecule is CC1(C)c2ccccc2-c2c(-c3ccccc3N(c3ccc4c(c3)-c3ccccc3C43c4ccccc4-c4ccccc43)c3ccc4c(c3)C(c3ccccc3)(c3ccc5oc6ccccc6c5c3)c3ccccc3-4)cccc21. The second-order valence-electron chi connectivity index (χ2n) is 22.6. The zero-order chi connectivity index (χ0) is 52.2. The third-order valence-corrected chi connectivity index (χ3v) is 18.6. The van der Waals surface area contributed by atoms with Gasteiger partial charge in [0.25, 0.3) is 0 Å². The molecule has 1 spiro atoms. The fraction of sp³-hybridized carbons (Fsp3) is 0.0649. The Kier molecular flexibility index (Phi) is 9.07. The molecule has 4 aliphatic carbocycles. The molecule has 370 valence electrons. The molecule has 1 heterocycles. The molecule has 0 saturated heterocycles. The van der Waals surface area contributed by atoms with E-state index < -0.39 is 10.8 Å². The van der Waals surface area contributed by atoms with Gasteiger partial charge in [0, 0.05) is 33.1 Å². The van der Waals surface area contributed by atoms with E-state index in [0.29, 0.717) is 0 Å². The van der Waals surface area contributed by atoms with Gasteiger partial charge < -0.3 is 9.32 Å². The quantitative estimate of drug-likeness (QED) is 0.165. The Labute approximate surface area is 460 Å². The standard InChI is InChI=1S/C77H51NO/c1-75(2)63-31-13-10-29-60(63)74-59(30-20-36-69(74)75)57-27-11-18-37-71(57)78(50-41-43-68-61(46-50)55-26-9-17-35-67(55)77(68)65-33-15-7-23-52(65)53-24-8-16-34-66(53)77)51-40-42-56-54-25-6-14-32-64(54)76(70(56)47-51,48-21-4-3-5-22-48)49-39-44-73-62(45-49)58-28-12-19-38-72(58)79-73/h3-47H,1-2H3. The number of hydrogen-bond donors (Lipinski definition) is 0. The highest BCUT2D eigenvalue weighted by molar-refractivity contribution is 6.06. The molecule has 12 aromatic carbocycles. The highest BCUT2D eigenvalue weighted by Crippen LogP contribution is 2.64. The van der Waals surface area contributed by atoms with E-state index in [1.54, 1.807) is 0 Å². The normalized spacial score (nSPS) is 16.0. The summed E-state index contributed by atoms with van der Waals surface area (Å²) in [6, 6.07) is 103. The van der Waals surface area contributed by atoms with Crippen LogP contribution in [-0.4, -0.2) is 0 Å². The van der Waals surface area contributed by atoms with Crippen LogP contribution in [0, 0.1) is 0 Å². The largest absolute Gasteiger partial charge is 0.456 e. The summed E-state index contributed by atoms with van der Waals surface area (Å²) in [7, 11) is 0. The number of benzene rings is 12. The van der Waals surface area contributed by atoms with Crippen molar-refractivity contribution in [3.05, 3.63) is 329 Å². The van der Waals surface area contributed by atoms with Gasteiger partial charge in [-0.3, -0.25) is 0 Å². The molecule has 0 amide bonds. The summed E-state index contributed by atoms with van der Waals surface area (Å²) in [4.78, 5) is 2.57. The van der Waals surface area contributed by atoms with Crippen LogP contribution in [-0.2, 0) is 16.2 Å². The molecule has 79 heavy (non-hydrogen) atoms. The van der Waals surface area contributed by atoms with Gasteiger partial charge >= 0.3 is 0 Å². The minimum atomic E-state index is -0.678. The van der Waals surface area contributed by atoms with Crippen LogP contribution in [0.2, 0.25) is 0 Å². The summed E-state index contributed by atoms with van der Waals surface area (Å²) < 4.78 is 6.51. The first-order chi connectivity index (χ1) is 39.0. The third-order valence-electron chi connectivity index (χ3n) is 18.6. The number of anilines is 3. The lowest BCUT2D eigenvalue weighted by Crippen LogP contribution is -2.28. The Morgan fingerprint density at radius 1 is 0.278 bits per heavy atom. The summed E-state index contributed by atoms with van der Waals surface area (Å²) in [6.07, 6.45) is 0. The van der Waals surface area contributed by atoms with Crippen molar-refractivity contribution in [1.82, 2.24) is 0 Å². The van der Waals surface area contributed by atoms with Crippen LogP contribution in [0.3, 0.4) is 0 Å². The summed E-state index contributed by atoms with van der Waals surface area (Å²) in [5.41, 5.74) is 29.4. The van der Waals surface area contributed by atoms with Crippen molar-refractivity contribution in [3.8, 4) is 55.6 Å². The van der Waals surface area contributed by atoms with Crippen LogP contribution in [0.15, 0.2) is 277 Å². The van der Waals surface area contributed by atoms with Crippen LogP contribution in [0.25, 0.3) is 77.6 Å². The first-order valence-corrected chi connectivity index (χ1v) is 27.7. The van der Waals surface area contributed by atoms with Crippen LogP contribution in [0.1, 0.15) is 69.5 Å². The zero-order valence-corrected chi connectivity index (χ0v) is 43.8. The predicted octanol–water partition coefficient (Wildman–Crippen LogP) is 19.7. The molecule has 2 nitrogen and oxygen atoms in total. The van der Waals surface area contributed by atoms with Crippen molar-refractivity contribution in [3.63, 3.8) is 0 Å². The number of nitrogens with zero attached hydrogens (tertiary/aromatic N) is 1. The van der Waals surface area contributed by atoms with E-state index >= 15 is 0 Å². The van der Waals surface area contributed by atoms with Gasteiger partial charge in [-0.15, -0.1) is 0 Å². The molecule has 0 radical (unpaired) electrons. The highest BCUT2D eigenvalue weighted by atomic mass is 16.3. The lowest BCUT2D eigenvalue weighted by molar-refractivity contribution is 0.660. The number of rotatable bonds is 6. The lowest BCUT2D eigenvalue weighted by Gasteiger charge is -2.35. The number of hydrogen-bond acceptors (Lipinski definition) is 2. The second-order valence-corrected chi connectivity index (χ2v) is 22.6. The molecule has 13 aromatic rings. The third kappa shape index (κ3) is 5.75. The van der Waals surface area contributed by atoms with Gasteiger partial charge in [-0.2, -0.15) is 0 Å². The Morgan fingerprint density at radius 2 is 0.772 bits per heavy atom. The molecule has 1 aromatic heterocycles. The van der Waals surface area contributed by atoms with Gasteiger partial charge in [0.15, 0.2) is 0 Å². The maximum Gasteiger partial charge on any atom is 0.135 e. The van der Waals surface area contributed by atoms with Gasteiger partial charge in [-0.25, -0.2) is 0 Å². The predicted molar refractivity (Wildman–Crippen MR) is 325 cm³/mol. The van der Waals surface area contributed by atoms with E-state index in [2.05, 4.69) is 292 Å². The average molecular weight is 1010 g/mol. The number of furan rings is 1. The molecule has 17 rings (SSSR count). The zero-order valence-electron chi connectivity index (χ0n) is 43.8. The van der Waals surface area contributed by atoms with Crippen molar-refractivity contribution in [2.75, 3.05) is 4.90 Å². The second kappa shape index (κ2) is 16.1. The topological polar surface area (TPSA) is 16.4 Å². The number of para-hydroxylation sites is 2. The van der Waals surface area contributed by atoms with Crippen molar-refractivity contribution >= 4 is 39.0 Å². The van der Waals surface area contributed by atoms with E-state index in [4.69, 9.17) is 4.42 Å². The van der Waals surface area contributed by atoms with Crippen molar-refractivity contribution in [2.24, 2.45) is 0 Å². The van der Waals surface area contributed by atoms with Gasteiger partial charge in [-0.1, -0.05) is 238 Å². The Morgan fingerprint density at radius 3 is 1.48 bits per heavy atom. The molecular weight excluding hydrogens is 955 g/mol. The average Bonchev–Trinajstić information content (AvgIpc) is 3.91. The van der Waals surface area contributed by atoms with Crippen molar-refractivity contribution in [2.45, 2.75) is 30.1 Å². The minimum Gasteiger partial charge on any atom is -0.456 e. The molecule has 1 atom stereocenters.